The van der Waals surface area contributed by atoms with Crippen LogP contribution < -0.4 is 10.0 Å². The standard InChI is InChI=1S/C20H26NO2P/c1-5-20(2,17-11-7-8-12-18(17)23-15-22-4)24-19-13-9-6-10-16(19)14-21-3/h6-14,24H,5,15H2,1-4H3/b21-14+. The summed E-state index contributed by atoms with van der Waals surface area (Å²) in [4.78, 5) is 4.19. The predicted molar refractivity (Wildman–Crippen MR) is 104 cm³/mol. The normalized spacial score (nSPS) is 14.3. The highest BCUT2D eigenvalue weighted by molar-refractivity contribution is 7.48. The van der Waals surface area contributed by atoms with Crippen molar-refractivity contribution in [3.63, 3.8) is 0 Å². The van der Waals surface area contributed by atoms with Crippen molar-refractivity contribution in [2.24, 2.45) is 4.99 Å². The van der Waals surface area contributed by atoms with Crippen molar-refractivity contribution in [1.29, 1.82) is 0 Å². The van der Waals surface area contributed by atoms with E-state index in [2.05, 4.69) is 55.2 Å². The van der Waals surface area contributed by atoms with Gasteiger partial charge in [-0.1, -0.05) is 64.9 Å². The summed E-state index contributed by atoms with van der Waals surface area (Å²) in [6, 6.07) is 16.7. The first kappa shape index (κ1) is 18.6. The Kier molecular flexibility index (Phi) is 6.96. The fourth-order valence-corrected chi connectivity index (χ4v) is 4.26. The Morgan fingerprint density at radius 2 is 1.83 bits per heavy atom. The predicted octanol–water partition coefficient (Wildman–Crippen LogP) is 4.35. The number of rotatable bonds is 8. The molecule has 0 aromatic heterocycles. The first-order chi connectivity index (χ1) is 11.6. The average Bonchev–Trinajstić information content (AvgIpc) is 2.62. The van der Waals surface area contributed by atoms with Crippen LogP contribution in [0.15, 0.2) is 53.5 Å². The quantitative estimate of drug-likeness (QED) is 0.405. The van der Waals surface area contributed by atoms with E-state index < -0.39 is 0 Å². The third kappa shape index (κ3) is 4.43. The van der Waals surface area contributed by atoms with Crippen molar-refractivity contribution in [2.45, 2.75) is 25.4 Å². The molecule has 0 fully saturated rings. The largest absolute Gasteiger partial charge is 0.467 e. The summed E-state index contributed by atoms with van der Waals surface area (Å²) in [6.07, 6.45) is 2.96. The lowest BCUT2D eigenvalue weighted by Crippen LogP contribution is -2.21. The zero-order valence-corrected chi connectivity index (χ0v) is 15.9. The molecule has 2 rings (SSSR count). The minimum absolute atomic E-state index is 0.00200. The Labute approximate surface area is 146 Å². The molecule has 4 heteroatoms. The van der Waals surface area contributed by atoms with Crippen molar-refractivity contribution < 1.29 is 9.47 Å². The van der Waals surface area contributed by atoms with Gasteiger partial charge in [0.2, 0.25) is 0 Å². The van der Waals surface area contributed by atoms with Crippen molar-refractivity contribution in [1.82, 2.24) is 0 Å². The first-order valence-electron chi connectivity index (χ1n) is 8.15. The second-order valence-electron chi connectivity index (χ2n) is 5.83. The zero-order chi connectivity index (χ0) is 17.4. The highest BCUT2D eigenvalue weighted by Crippen LogP contribution is 2.47. The van der Waals surface area contributed by atoms with Gasteiger partial charge in [0.25, 0.3) is 0 Å². The van der Waals surface area contributed by atoms with E-state index in [9.17, 15) is 0 Å². The molecule has 2 aromatic carbocycles. The van der Waals surface area contributed by atoms with E-state index in [0.29, 0.717) is 8.58 Å². The zero-order valence-electron chi connectivity index (χ0n) is 14.9. The van der Waals surface area contributed by atoms with E-state index in [1.165, 1.54) is 16.4 Å². The van der Waals surface area contributed by atoms with Crippen LogP contribution in [0.1, 0.15) is 31.4 Å². The molecule has 3 nitrogen and oxygen atoms in total. The van der Waals surface area contributed by atoms with Crippen molar-refractivity contribution in [3.05, 3.63) is 59.7 Å². The third-order valence-electron chi connectivity index (χ3n) is 4.16. The van der Waals surface area contributed by atoms with Gasteiger partial charge in [-0.15, -0.1) is 0 Å². The molecule has 0 radical (unpaired) electrons. The molecule has 0 aliphatic heterocycles. The molecule has 0 saturated carbocycles. The lowest BCUT2D eigenvalue weighted by atomic mass is 9.96. The van der Waals surface area contributed by atoms with Gasteiger partial charge in [0.15, 0.2) is 6.79 Å². The minimum atomic E-state index is 0.00200. The molecule has 2 unspecified atom stereocenters. The molecule has 0 aliphatic rings. The number of ether oxygens (including phenoxy) is 2. The molecule has 2 aromatic rings. The Balaban J connectivity index is 2.39. The maximum atomic E-state index is 5.81. The molecule has 0 aliphatic carbocycles. The molecule has 0 heterocycles. The van der Waals surface area contributed by atoms with Crippen LogP contribution in [0.2, 0.25) is 0 Å². The summed E-state index contributed by atoms with van der Waals surface area (Å²) in [6.45, 7) is 4.80. The Hall–Kier alpha value is -1.70. The number of nitrogens with zero attached hydrogens (tertiary/aromatic N) is 1. The molecule has 128 valence electrons. The van der Waals surface area contributed by atoms with Gasteiger partial charge >= 0.3 is 0 Å². The fraction of sp³-hybridized carbons (Fsp3) is 0.350. The van der Waals surface area contributed by atoms with Crippen LogP contribution in [-0.4, -0.2) is 27.2 Å². The maximum Gasteiger partial charge on any atom is 0.188 e. The second kappa shape index (κ2) is 8.96. The van der Waals surface area contributed by atoms with Crippen molar-refractivity contribution in [3.8, 4) is 5.75 Å². The number of para-hydroxylation sites is 1. The van der Waals surface area contributed by atoms with E-state index in [-0.39, 0.29) is 11.9 Å². The van der Waals surface area contributed by atoms with E-state index in [4.69, 9.17) is 9.47 Å². The van der Waals surface area contributed by atoms with Gasteiger partial charge in [-0.3, -0.25) is 4.99 Å². The van der Waals surface area contributed by atoms with Crippen LogP contribution in [0.4, 0.5) is 0 Å². The van der Waals surface area contributed by atoms with E-state index in [1.54, 1.807) is 7.11 Å². The monoisotopic (exact) mass is 343 g/mol. The van der Waals surface area contributed by atoms with Gasteiger partial charge in [0.1, 0.15) is 5.75 Å². The highest BCUT2D eigenvalue weighted by atomic mass is 31.1. The van der Waals surface area contributed by atoms with E-state index >= 15 is 0 Å². The van der Waals surface area contributed by atoms with Gasteiger partial charge < -0.3 is 9.47 Å². The summed E-state index contributed by atoms with van der Waals surface area (Å²) < 4.78 is 10.9. The lowest BCUT2D eigenvalue weighted by Gasteiger charge is -2.31. The summed E-state index contributed by atoms with van der Waals surface area (Å²) in [7, 11) is 4.08. The average molecular weight is 343 g/mol. The molecule has 0 N–H and O–H groups in total. The topological polar surface area (TPSA) is 30.8 Å². The van der Waals surface area contributed by atoms with Gasteiger partial charge in [0.05, 0.1) is 0 Å². The maximum absolute atomic E-state index is 5.81. The van der Waals surface area contributed by atoms with Gasteiger partial charge in [-0.05, 0) is 23.4 Å². The number of benzene rings is 2. The molecule has 2 atom stereocenters. The van der Waals surface area contributed by atoms with E-state index in [0.717, 1.165) is 12.2 Å². The summed E-state index contributed by atoms with van der Waals surface area (Å²) in [5, 5.41) is 1.33. The van der Waals surface area contributed by atoms with Crippen LogP contribution in [-0.2, 0) is 9.89 Å². The molecular formula is C20H26NO2P. The van der Waals surface area contributed by atoms with Gasteiger partial charge in [-0.25, -0.2) is 0 Å². The smallest absolute Gasteiger partial charge is 0.188 e. The summed E-state index contributed by atoms with van der Waals surface area (Å²) >= 11 is 0. The highest BCUT2D eigenvalue weighted by Gasteiger charge is 2.29. The van der Waals surface area contributed by atoms with Crippen molar-refractivity contribution >= 4 is 20.1 Å². The first-order valence-corrected chi connectivity index (χ1v) is 9.15. The third-order valence-corrected chi connectivity index (χ3v) is 6.06. The summed E-state index contributed by atoms with van der Waals surface area (Å²) in [5.74, 6) is 0.901. The number of hydrogen-bond donors (Lipinski definition) is 0. The lowest BCUT2D eigenvalue weighted by molar-refractivity contribution is 0.0500. The Bertz CT molecular complexity index is 687. The van der Waals surface area contributed by atoms with E-state index in [1.807, 2.05) is 25.4 Å². The Morgan fingerprint density at radius 1 is 1.12 bits per heavy atom. The van der Waals surface area contributed by atoms with Crippen LogP contribution in [0.5, 0.6) is 5.75 Å². The molecule has 0 spiro atoms. The van der Waals surface area contributed by atoms with Crippen LogP contribution >= 0.6 is 8.58 Å². The fourth-order valence-electron chi connectivity index (χ4n) is 2.68. The molecule has 0 bridgehead atoms. The number of methoxy groups -OCH3 is 1. The molecular weight excluding hydrogens is 317 g/mol. The van der Waals surface area contributed by atoms with Gasteiger partial charge in [0, 0.05) is 31.1 Å². The second-order valence-corrected chi connectivity index (χ2v) is 7.72. The molecule has 0 saturated heterocycles. The number of aliphatic imine (C=N–C) groups is 1. The van der Waals surface area contributed by atoms with Crippen LogP contribution in [0.25, 0.3) is 0 Å². The SMILES string of the molecule is CCC(C)(Pc1ccccc1/C=N/C)c1ccccc1OCOC. The molecule has 24 heavy (non-hydrogen) atoms. The summed E-state index contributed by atoms with van der Waals surface area (Å²) in [5.41, 5.74) is 2.42. The van der Waals surface area contributed by atoms with Gasteiger partial charge in [-0.2, -0.15) is 0 Å². The number of hydrogen-bond acceptors (Lipinski definition) is 3. The van der Waals surface area contributed by atoms with Crippen LogP contribution in [0, 0.1) is 0 Å². The molecule has 0 amide bonds. The Morgan fingerprint density at radius 3 is 2.54 bits per heavy atom. The van der Waals surface area contributed by atoms with Crippen molar-refractivity contribution in [2.75, 3.05) is 21.0 Å². The minimum Gasteiger partial charge on any atom is -0.467 e. The van der Waals surface area contributed by atoms with Crippen LogP contribution in [0.3, 0.4) is 0 Å².